The molecule has 4 aliphatic heterocycles. The van der Waals surface area contributed by atoms with E-state index in [9.17, 15) is 29.1 Å². The highest BCUT2D eigenvalue weighted by Gasteiger charge is 2.45. The number of rotatable bonds is 25. The number of aldehydes is 1. The van der Waals surface area contributed by atoms with E-state index in [1.165, 1.54) is 6.08 Å². The lowest BCUT2D eigenvalue weighted by molar-refractivity contribution is -0.167. The number of ether oxygens (including phenoxy) is 12. The van der Waals surface area contributed by atoms with Crippen LogP contribution in [0, 0.1) is 0 Å². The van der Waals surface area contributed by atoms with Crippen molar-refractivity contribution in [3.05, 3.63) is 37.1 Å². The van der Waals surface area contributed by atoms with Crippen molar-refractivity contribution in [2.24, 2.45) is 0 Å². The van der Waals surface area contributed by atoms with E-state index in [0.717, 1.165) is 11.8 Å². The van der Waals surface area contributed by atoms with Gasteiger partial charge in [-0.2, -0.15) is 0 Å². The molecule has 536 valence electrons. The van der Waals surface area contributed by atoms with Crippen molar-refractivity contribution in [2.75, 3.05) is 73.2 Å². The lowest BCUT2D eigenvalue weighted by atomic mass is 10.1. The Morgan fingerprint density at radius 3 is 1.39 bits per heavy atom. The third-order valence-corrected chi connectivity index (χ3v) is 10.8. The molecular weight excluding hydrogens is 1180 g/mol. The number of carbonyl (C=O) groups excluding carboxylic acids is 5. The number of carbonyl (C=O) groups is 5. The summed E-state index contributed by atoms with van der Waals surface area (Å²) in [4.78, 5) is 52.8. The molecule has 27 heteroatoms. The Morgan fingerprint density at radius 1 is 0.596 bits per heavy atom. The molecular formula is C62H126O27. The zero-order valence-corrected chi connectivity index (χ0v) is 51.9. The molecule has 4 rings (SSSR count). The Bertz CT molecular complexity index is 1750. The number of allylic oxidation sites excluding steroid dienone is 1. The van der Waals surface area contributed by atoms with Crippen LogP contribution in [0.1, 0.15) is 178 Å². The first-order valence-electron chi connectivity index (χ1n) is 28.1. The molecule has 0 spiro atoms. The van der Waals surface area contributed by atoms with Crippen molar-refractivity contribution in [3.8, 4) is 0 Å². The first-order valence-corrected chi connectivity index (χ1v) is 28.1. The summed E-state index contributed by atoms with van der Waals surface area (Å²) in [5, 5.41) is 87.2. The van der Waals surface area contributed by atoms with Gasteiger partial charge in [-0.25, -0.2) is 9.59 Å². The molecule has 0 aromatic rings. The van der Waals surface area contributed by atoms with Crippen molar-refractivity contribution >= 4 is 30.2 Å². The second-order valence-corrected chi connectivity index (χ2v) is 19.5. The quantitative estimate of drug-likeness (QED) is 0.0182. The second kappa shape index (κ2) is 61.4. The highest BCUT2D eigenvalue weighted by atomic mass is 16.8. The third kappa shape index (κ3) is 56.4. The Morgan fingerprint density at radius 2 is 0.989 bits per heavy atom. The molecule has 0 radical (unpaired) electrons. The largest absolute Gasteiger partial charge is 0.502 e. The molecule has 1 unspecified atom stereocenters. The highest BCUT2D eigenvalue weighted by Crippen LogP contribution is 2.34. The monoisotopic (exact) mass is 1300 g/mol. The third-order valence-electron chi connectivity index (χ3n) is 10.8. The zero-order chi connectivity index (χ0) is 65.5. The first kappa shape index (κ1) is 104. The summed E-state index contributed by atoms with van der Waals surface area (Å²) >= 11 is 0. The molecule has 10 N–H and O–H groups in total. The SMILES string of the molecule is C.C.C.C.C.C=C(C)OC.C=CC(=O)OCC.CC1(C)O[C@H]2CC(O)OC[C@H]2O1.CCO.CCOC(=O)/C=C/C[C@@H]1OC(C)(C)O[C@@H]1CO.CCOC(=O)CCC[C@@H]1OC(C)(C)O[C@@H]1CO.CCOC(=O)CCC[C@H](O)[C@H](O)CO.O=CC[C@H](O)[C@H](O)CO. The van der Waals surface area contributed by atoms with Gasteiger partial charge in [-0.3, -0.25) is 9.59 Å². The van der Waals surface area contributed by atoms with E-state index >= 15 is 0 Å². The maximum atomic E-state index is 11.2. The first-order chi connectivity index (χ1) is 39.4. The fraction of sp³-hybridized carbons (Fsp3) is 0.823. The number of hydrogen-bond donors (Lipinski definition) is 10. The van der Waals surface area contributed by atoms with E-state index in [-0.39, 0.29) is 137 Å². The maximum absolute atomic E-state index is 11.2. The van der Waals surface area contributed by atoms with Crippen LogP contribution in [0.2, 0.25) is 0 Å². The van der Waals surface area contributed by atoms with Gasteiger partial charge < -0.3 is 113 Å². The van der Waals surface area contributed by atoms with Crippen molar-refractivity contribution in [1.82, 2.24) is 0 Å². The lowest BCUT2D eigenvalue weighted by Gasteiger charge is -2.26. The van der Waals surface area contributed by atoms with Crippen molar-refractivity contribution in [2.45, 2.75) is 263 Å². The van der Waals surface area contributed by atoms with E-state index in [2.05, 4.69) is 27.4 Å². The van der Waals surface area contributed by atoms with Gasteiger partial charge in [0.25, 0.3) is 0 Å². The average molecular weight is 1300 g/mol. The molecule has 4 saturated heterocycles. The van der Waals surface area contributed by atoms with E-state index in [4.69, 9.17) is 88.6 Å². The zero-order valence-electron chi connectivity index (χ0n) is 51.9. The summed E-state index contributed by atoms with van der Waals surface area (Å²) in [6, 6.07) is 0. The van der Waals surface area contributed by atoms with E-state index in [0.29, 0.717) is 77.8 Å². The number of fused-ring (bicyclic) bond motifs is 1. The van der Waals surface area contributed by atoms with Gasteiger partial charge in [-0.1, -0.05) is 56.4 Å². The number of aliphatic hydroxyl groups is 10. The smallest absolute Gasteiger partial charge is 0.330 e. The molecule has 11 atom stereocenters. The van der Waals surface area contributed by atoms with Crippen LogP contribution in [-0.4, -0.2) is 239 Å². The molecule has 0 aliphatic carbocycles. The molecule has 27 nitrogen and oxygen atoms in total. The number of hydrogen-bond acceptors (Lipinski definition) is 27. The minimum Gasteiger partial charge on any atom is -0.502 e. The molecule has 0 aromatic carbocycles. The van der Waals surface area contributed by atoms with Gasteiger partial charge in [0, 0.05) is 44.4 Å². The van der Waals surface area contributed by atoms with E-state index < -0.39 is 61.3 Å². The Balaban J connectivity index is -0.000000121. The van der Waals surface area contributed by atoms with E-state index in [1.54, 1.807) is 68.6 Å². The van der Waals surface area contributed by atoms with Crippen LogP contribution in [0.5, 0.6) is 0 Å². The van der Waals surface area contributed by atoms with Crippen molar-refractivity contribution < 1.29 is 132 Å². The summed E-state index contributed by atoms with van der Waals surface area (Å²) in [7, 11) is 1.60. The Kier molecular flexibility index (Phi) is 71.6. The molecule has 89 heavy (non-hydrogen) atoms. The minimum absolute atomic E-state index is 0. The van der Waals surface area contributed by atoms with Crippen LogP contribution in [0.3, 0.4) is 0 Å². The number of methoxy groups -OCH3 is 1. The van der Waals surface area contributed by atoms with Gasteiger partial charge in [-0.05, 0) is 115 Å². The van der Waals surface area contributed by atoms with Gasteiger partial charge in [0.2, 0.25) is 0 Å². The summed E-state index contributed by atoms with van der Waals surface area (Å²) < 4.78 is 61.7. The Labute approximate surface area is 533 Å². The molecule has 0 saturated carbocycles. The van der Waals surface area contributed by atoms with E-state index in [1.807, 2.05) is 27.7 Å². The standard InChI is InChI=1S/C12H22O5.C12H20O5.C9H18O5.C8H14O4.C5H10O4.C5H8O2.C4H8O.C2H6O.5CH4/c2*1-4-15-11(14)7-5-6-9-10(8-13)17-12(2,3)16-9;1-2-14-9(13)5-3-4-7(11)8(12)6-10;1-8(2)11-5-3-7(9)10-4-6(5)12-8;6-2-1-4(8)5(9)3-7;1-3-5(6)7-4-2;1-4(2)5-3;1-2-3;;;;;/h9-10,13H,4-8H2,1-3H3;5,7,9-10,13H,4,6,8H2,1-3H3;7-8,10-12H,2-6H2,1H3;5-7,9H,3-4H2,1-2H3;2,4-5,7-9H,1,3H2;3H,1,4H2,2H3;1H2,2-3H3;3H,2H2,1H3;5*1H4/b;7-5+;;;;;;;;;;;/t2*9-,10+;7-,8+;5-,6+,7?;4-,5+;;;;;;;;/m00000......../s1. The summed E-state index contributed by atoms with van der Waals surface area (Å²) in [6.45, 7) is 29.2. The van der Waals surface area contributed by atoms with Crippen LogP contribution >= 0.6 is 0 Å². The summed E-state index contributed by atoms with van der Waals surface area (Å²) in [6.07, 6.45) is 2.07. The Hall–Kier alpha value is -4.11. The van der Waals surface area contributed by atoms with Gasteiger partial charge >= 0.3 is 23.9 Å². The summed E-state index contributed by atoms with van der Waals surface area (Å²) in [5.41, 5.74) is 0. The topological polar surface area (TPSA) is 398 Å². The van der Waals surface area contributed by atoms with Gasteiger partial charge in [0.05, 0.1) is 103 Å². The summed E-state index contributed by atoms with van der Waals surface area (Å²) in [5.74, 6) is -2.33. The number of esters is 4. The van der Waals surface area contributed by atoms with Crippen LogP contribution in [0.25, 0.3) is 0 Å². The van der Waals surface area contributed by atoms with Crippen LogP contribution in [-0.2, 0) is 80.8 Å². The predicted molar refractivity (Wildman–Crippen MR) is 338 cm³/mol. The molecule has 4 heterocycles. The normalized spacial score (nSPS) is 21.8. The fourth-order valence-electron chi connectivity index (χ4n) is 7.05. The van der Waals surface area contributed by atoms with Crippen LogP contribution in [0.15, 0.2) is 37.1 Å². The number of aliphatic hydroxyl groups excluding tert-OH is 10. The van der Waals surface area contributed by atoms with Gasteiger partial charge in [0.1, 0.15) is 36.8 Å². The predicted octanol–water partition coefficient (Wildman–Crippen LogP) is 5.29. The van der Waals surface area contributed by atoms with Crippen LogP contribution in [0.4, 0.5) is 0 Å². The molecule has 0 aromatic heterocycles. The van der Waals surface area contributed by atoms with Gasteiger partial charge in [-0.15, -0.1) is 0 Å². The molecule has 0 amide bonds. The van der Waals surface area contributed by atoms with Crippen molar-refractivity contribution in [1.29, 1.82) is 0 Å². The average Bonchev–Trinajstić information content (AvgIpc) is 1.92. The molecule has 0 bridgehead atoms. The fourth-order valence-corrected chi connectivity index (χ4v) is 7.05. The minimum atomic E-state index is -1.20. The van der Waals surface area contributed by atoms with Gasteiger partial charge in [0.15, 0.2) is 23.7 Å². The maximum Gasteiger partial charge on any atom is 0.330 e. The lowest BCUT2D eigenvalue weighted by Crippen LogP contribution is -2.39. The highest BCUT2D eigenvalue weighted by molar-refractivity contribution is 5.82. The van der Waals surface area contributed by atoms with Crippen molar-refractivity contribution in [3.63, 3.8) is 0 Å². The van der Waals surface area contributed by atoms with Crippen LogP contribution < -0.4 is 0 Å². The second-order valence-electron chi connectivity index (χ2n) is 19.5. The molecule has 4 fully saturated rings. The molecule has 4 aliphatic rings.